The van der Waals surface area contributed by atoms with E-state index < -0.39 is 24.3 Å². The average molecular weight is 1300 g/mol. The Bertz CT molecular complexity index is 2000. The van der Waals surface area contributed by atoms with Crippen LogP contribution in [0.2, 0.25) is 0 Å². The number of unbranched alkanes of at least 4 members (excludes halogenated alkanes) is 33. The smallest absolute Gasteiger partial charge is 0.361 e. The first-order valence-corrected chi connectivity index (χ1v) is 38.3. The van der Waals surface area contributed by atoms with Gasteiger partial charge < -0.3 is 28.5 Å². The number of quaternary nitrogens is 1. The van der Waals surface area contributed by atoms with Crippen LogP contribution < -0.4 is 0 Å². The van der Waals surface area contributed by atoms with E-state index in [0.717, 1.165) is 116 Å². The predicted octanol–water partition coefficient (Wildman–Crippen LogP) is 24.5. The minimum atomic E-state index is -1.52. The van der Waals surface area contributed by atoms with E-state index in [-0.39, 0.29) is 32.2 Å². The lowest BCUT2D eigenvalue weighted by atomic mass is 10.0. The fraction of sp³-hybridized carbons (Fsp3) is 0.702. The number of carbonyl (C=O) groups excluding carboxylic acids is 2. The highest BCUT2D eigenvalue weighted by Crippen LogP contribution is 2.18. The maximum absolute atomic E-state index is 13.0. The van der Waals surface area contributed by atoms with Crippen molar-refractivity contribution >= 4 is 17.9 Å². The third kappa shape index (κ3) is 74.7. The molecule has 0 rings (SSSR count). The third-order valence-electron chi connectivity index (χ3n) is 16.4. The summed E-state index contributed by atoms with van der Waals surface area (Å²) in [5.41, 5.74) is 0. The van der Waals surface area contributed by atoms with Gasteiger partial charge in [0, 0.05) is 12.8 Å². The van der Waals surface area contributed by atoms with Crippen molar-refractivity contribution < 1.29 is 42.9 Å². The summed E-state index contributed by atoms with van der Waals surface area (Å²) in [5.74, 6) is -2.01. The van der Waals surface area contributed by atoms with Crippen LogP contribution >= 0.6 is 0 Å². The Morgan fingerprint density at radius 3 is 0.860 bits per heavy atom. The fourth-order valence-electron chi connectivity index (χ4n) is 10.6. The van der Waals surface area contributed by atoms with Crippen molar-refractivity contribution in [3.63, 3.8) is 0 Å². The summed E-state index contributed by atoms with van der Waals surface area (Å²) in [6, 6.07) is 0. The van der Waals surface area contributed by atoms with Gasteiger partial charge in [-0.25, -0.2) is 4.79 Å². The number of aliphatic carboxylic acids is 1. The zero-order valence-electron chi connectivity index (χ0n) is 60.9. The number of nitrogens with zero attached hydrogens (tertiary/aromatic N) is 1. The lowest BCUT2D eigenvalue weighted by Gasteiger charge is -2.25. The SMILES string of the molecule is CC/C=C\C/C=C\C/C=C\C/C=C\C/C=C\C/C=C\C/C=C\CCCCCCCCCC(=O)OC(COC(=O)CCCCCCCCCCCCCCCCCCCCCCCCCCCC/C=C\C/C=C\C/C=C\C/C=C\CC)COC(OCC[N+](C)(C)C)C(=O)O. The number of rotatable bonds is 70. The molecule has 1 N–H and O–H groups in total. The molecule has 9 nitrogen and oxygen atoms in total. The molecule has 0 spiro atoms. The lowest BCUT2D eigenvalue weighted by Crippen LogP contribution is -2.40. The van der Waals surface area contributed by atoms with Crippen molar-refractivity contribution in [1.29, 1.82) is 0 Å². The van der Waals surface area contributed by atoms with Gasteiger partial charge in [-0.05, 0) is 109 Å². The molecular weight excluding hydrogens is 1150 g/mol. The molecule has 0 aromatic heterocycles. The highest BCUT2D eigenvalue weighted by molar-refractivity contribution is 5.71. The molecule has 0 radical (unpaired) electrons. The summed E-state index contributed by atoms with van der Waals surface area (Å²) in [5, 5.41) is 9.76. The minimum Gasteiger partial charge on any atom is -0.477 e. The molecule has 0 aliphatic heterocycles. The van der Waals surface area contributed by atoms with Crippen LogP contribution in [-0.2, 0) is 33.3 Å². The molecule has 0 aromatic rings. The summed E-state index contributed by atoms with van der Waals surface area (Å²) in [4.78, 5) is 37.7. The van der Waals surface area contributed by atoms with Gasteiger partial charge in [-0.3, -0.25) is 9.59 Å². The Morgan fingerprint density at radius 2 is 0.581 bits per heavy atom. The zero-order valence-corrected chi connectivity index (χ0v) is 60.9. The van der Waals surface area contributed by atoms with Crippen molar-refractivity contribution in [1.82, 2.24) is 0 Å². The molecule has 0 heterocycles. The molecule has 0 saturated carbocycles. The first-order valence-electron chi connectivity index (χ1n) is 38.3. The summed E-state index contributed by atoms with van der Waals surface area (Å²) in [6.07, 6.45) is 103. The van der Waals surface area contributed by atoms with E-state index in [1.165, 1.54) is 173 Å². The van der Waals surface area contributed by atoms with Crippen molar-refractivity contribution in [3.05, 3.63) is 134 Å². The second-order valence-electron chi connectivity index (χ2n) is 26.6. The first kappa shape index (κ1) is 88.4. The quantitative estimate of drug-likeness (QED) is 0.0211. The lowest BCUT2D eigenvalue weighted by molar-refractivity contribution is -0.870. The van der Waals surface area contributed by atoms with Gasteiger partial charge in [0.25, 0.3) is 6.29 Å². The van der Waals surface area contributed by atoms with Crippen LogP contribution in [0.1, 0.15) is 322 Å². The van der Waals surface area contributed by atoms with E-state index in [1.54, 1.807) is 0 Å². The van der Waals surface area contributed by atoms with E-state index in [2.05, 4.69) is 148 Å². The van der Waals surface area contributed by atoms with Crippen LogP contribution in [0.3, 0.4) is 0 Å². The van der Waals surface area contributed by atoms with Crippen LogP contribution in [0.5, 0.6) is 0 Å². The molecule has 532 valence electrons. The van der Waals surface area contributed by atoms with Gasteiger partial charge in [0.15, 0.2) is 6.10 Å². The molecule has 0 aliphatic carbocycles. The van der Waals surface area contributed by atoms with Gasteiger partial charge in [-0.1, -0.05) is 334 Å². The van der Waals surface area contributed by atoms with Crippen LogP contribution in [0.15, 0.2) is 134 Å². The number of carbonyl (C=O) groups is 3. The predicted molar refractivity (Wildman–Crippen MR) is 401 cm³/mol. The zero-order chi connectivity index (χ0) is 67.5. The Balaban J connectivity index is 4.04. The molecule has 9 heteroatoms. The van der Waals surface area contributed by atoms with Crippen LogP contribution in [-0.4, -0.2) is 87.4 Å². The molecule has 2 unspecified atom stereocenters. The van der Waals surface area contributed by atoms with Crippen LogP contribution in [0.25, 0.3) is 0 Å². The van der Waals surface area contributed by atoms with Gasteiger partial charge >= 0.3 is 17.9 Å². The highest BCUT2D eigenvalue weighted by atomic mass is 16.7. The average Bonchev–Trinajstić information content (AvgIpc) is 3.74. The number of esters is 2. The number of allylic oxidation sites excluding steroid dienone is 22. The van der Waals surface area contributed by atoms with Crippen LogP contribution in [0.4, 0.5) is 0 Å². The normalized spacial score (nSPS) is 13.4. The molecule has 0 saturated heterocycles. The van der Waals surface area contributed by atoms with Crippen molar-refractivity contribution in [2.45, 2.75) is 334 Å². The summed E-state index contributed by atoms with van der Waals surface area (Å²) >= 11 is 0. The first-order chi connectivity index (χ1) is 45.6. The molecule has 0 fully saturated rings. The minimum absolute atomic E-state index is 0.181. The van der Waals surface area contributed by atoms with E-state index >= 15 is 0 Å². The molecule has 93 heavy (non-hydrogen) atoms. The molecule has 0 amide bonds. The van der Waals surface area contributed by atoms with Gasteiger partial charge in [-0.2, -0.15) is 0 Å². The summed E-state index contributed by atoms with van der Waals surface area (Å²) in [6.45, 7) is 4.66. The Hall–Kier alpha value is -4.57. The third-order valence-corrected chi connectivity index (χ3v) is 16.4. The van der Waals surface area contributed by atoms with E-state index in [4.69, 9.17) is 18.9 Å². The van der Waals surface area contributed by atoms with Gasteiger partial charge in [0.1, 0.15) is 13.2 Å². The number of hydrogen-bond donors (Lipinski definition) is 1. The molecule has 2 atom stereocenters. The van der Waals surface area contributed by atoms with E-state index in [1.807, 2.05) is 21.1 Å². The molecule has 0 aromatic carbocycles. The highest BCUT2D eigenvalue weighted by Gasteiger charge is 2.25. The van der Waals surface area contributed by atoms with E-state index in [0.29, 0.717) is 23.9 Å². The van der Waals surface area contributed by atoms with Crippen molar-refractivity contribution in [2.75, 3.05) is 47.5 Å². The van der Waals surface area contributed by atoms with Crippen molar-refractivity contribution in [2.24, 2.45) is 0 Å². The number of likely N-dealkylation sites (N-methyl/N-ethyl adjacent to an activating group) is 1. The van der Waals surface area contributed by atoms with E-state index in [9.17, 15) is 19.5 Å². The molecule has 0 aliphatic rings. The largest absolute Gasteiger partial charge is 0.477 e. The maximum Gasteiger partial charge on any atom is 0.361 e. The molecular formula is C84H144NO8+. The topological polar surface area (TPSA) is 108 Å². The Morgan fingerprint density at radius 1 is 0.323 bits per heavy atom. The molecule has 0 bridgehead atoms. The maximum atomic E-state index is 13.0. The number of ether oxygens (including phenoxy) is 4. The number of hydrogen-bond acceptors (Lipinski definition) is 7. The monoisotopic (exact) mass is 1300 g/mol. The summed E-state index contributed by atoms with van der Waals surface area (Å²) < 4.78 is 23.0. The number of carboxylic acids is 1. The number of carboxylic acid groups (broad SMARTS) is 1. The van der Waals surface area contributed by atoms with Gasteiger partial charge in [0.05, 0.1) is 34.4 Å². The second-order valence-corrected chi connectivity index (χ2v) is 26.6. The Labute approximate surface area is 573 Å². The van der Waals surface area contributed by atoms with Crippen molar-refractivity contribution in [3.8, 4) is 0 Å². The Kier molecular flexibility index (Phi) is 69.6. The standard InChI is InChI=1S/C84H143NO8/c1-6-8-10-12-14-16-18-20-22-24-26-28-30-32-34-36-37-38-39-40-41-42-43-44-45-47-48-50-52-54-56-58-60-62-64-66-68-70-72-74-81(86)91-78-80(79-92-84(83(88)89)90-77-76-85(3,4)5)93-82(87)75-73-71-69-67-65-63-61-59-57-55-53-51-49-46-35-33-31-29-27-25-23-21-19-17-15-13-11-9-7-2/h8-11,14-17,20-23,26-29,33,35,49,51,55,57,80,84H,6-7,12-13,18-19,24-25,30-32,34,36-48,50,52-54,56,58-79H2,1-5H3/p+1/b10-8-,11-9-,16-14-,17-15-,22-20-,23-21-,28-26-,29-27-,35-33-,51-49-,57-55-. The van der Waals surface area contributed by atoms with Gasteiger partial charge in [-0.15, -0.1) is 0 Å². The van der Waals surface area contributed by atoms with Gasteiger partial charge in [0.2, 0.25) is 0 Å². The van der Waals surface area contributed by atoms with Crippen LogP contribution in [0, 0.1) is 0 Å². The summed E-state index contributed by atoms with van der Waals surface area (Å²) in [7, 11) is 5.98. The fourth-order valence-corrected chi connectivity index (χ4v) is 10.6. The second kappa shape index (κ2) is 73.2.